The number of carboxylic acid groups (broad SMARTS) is 1. The van der Waals surface area contributed by atoms with Crippen LogP contribution in [-0.2, 0) is 24.3 Å². The van der Waals surface area contributed by atoms with Crippen molar-refractivity contribution in [1.29, 1.82) is 0 Å². The van der Waals surface area contributed by atoms with E-state index >= 15 is 0 Å². The monoisotopic (exact) mass is 504 g/mol. The summed E-state index contributed by atoms with van der Waals surface area (Å²) in [5.74, 6) is -2.61. The number of aromatic nitrogens is 2. The fraction of sp³-hybridized carbons (Fsp3) is 0.320. The highest BCUT2D eigenvalue weighted by Gasteiger charge is 2.38. The Balaban J connectivity index is 0.000000454. The molecule has 1 amide bonds. The molecule has 2 unspecified atom stereocenters. The summed E-state index contributed by atoms with van der Waals surface area (Å²) in [6.07, 6.45) is 2.04. The Morgan fingerprint density at radius 2 is 1.75 bits per heavy atom. The highest BCUT2D eigenvalue weighted by Crippen LogP contribution is 2.40. The molecule has 0 radical (unpaired) electrons. The van der Waals surface area contributed by atoms with Crippen molar-refractivity contribution in [3.8, 4) is 0 Å². The zero-order chi connectivity index (χ0) is 26.1. The number of hydrogen-bond donors (Lipinski definition) is 4. The molecular weight excluding hydrogens is 477 g/mol. The number of aliphatic carboxylic acids is 1. The molecule has 0 aliphatic heterocycles. The van der Waals surface area contributed by atoms with Gasteiger partial charge in [0.1, 0.15) is 0 Å². The van der Waals surface area contributed by atoms with Gasteiger partial charge in [-0.15, -0.1) is 0 Å². The van der Waals surface area contributed by atoms with Gasteiger partial charge < -0.3 is 15.0 Å². The fourth-order valence-corrected chi connectivity index (χ4v) is 3.70. The number of rotatable bonds is 9. The average molecular weight is 505 g/mol. The van der Waals surface area contributed by atoms with Crippen molar-refractivity contribution in [2.24, 2.45) is 0 Å². The van der Waals surface area contributed by atoms with E-state index in [-0.39, 0.29) is 0 Å². The van der Waals surface area contributed by atoms with Gasteiger partial charge in [-0.1, -0.05) is 42.5 Å². The molecule has 36 heavy (non-hydrogen) atoms. The third-order valence-electron chi connectivity index (χ3n) is 5.69. The summed E-state index contributed by atoms with van der Waals surface area (Å²) >= 11 is 0. The van der Waals surface area contributed by atoms with Crippen LogP contribution in [0.4, 0.5) is 13.2 Å². The number of amides is 1. The molecule has 1 heterocycles. The summed E-state index contributed by atoms with van der Waals surface area (Å²) in [4.78, 5) is 24.7. The molecular formula is C25H27F3N4O4. The first-order valence-corrected chi connectivity index (χ1v) is 11.3. The molecule has 4 N–H and O–H groups in total. The lowest BCUT2D eigenvalue weighted by molar-refractivity contribution is -0.192. The summed E-state index contributed by atoms with van der Waals surface area (Å²) in [6.45, 7) is 1.71. The lowest BCUT2D eigenvalue weighted by Gasteiger charge is -2.05. The second-order valence-electron chi connectivity index (χ2n) is 8.39. The Kier molecular flexibility index (Phi) is 9.20. The maximum absolute atomic E-state index is 11.3. The predicted molar refractivity (Wildman–Crippen MR) is 124 cm³/mol. The second-order valence-corrected chi connectivity index (χ2v) is 8.39. The van der Waals surface area contributed by atoms with Gasteiger partial charge in [-0.3, -0.25) is 10.0 Å². The number of carboxylic acids is 1. The maximum atomic E-state index is 11.3. The van der Waals surface area contributed by atoms with Crippen LogP contribution in [0.3, 0.4) is 0 Å². The molecule has 0 spiro atoms. The molecule has 1 aliphatic carbocycles. The molecule has 0 bridgehead atoms. The van der Waals surface area contributed by atoms with Gasteiger partial charge in [0.05, 0.1) is 12.0 Å². The van der Waals surface area contributed by atoms with E-state index in [1.54, 1.807) is 17.6 Å². The number of imidazole rings is 1. The number of carbonyl (C=O) groups is 2. The van der Waals surface area contributed by atoms with E-state index in [0.717, 1.165) is 31.6 Å². The van der Waals surface area contributed by atoms with E-state index in [2.05, 4.69) is 51.4 Å². The SMILES string of the molecule is O=C(NO)c1ccc(CCCn2cnc(CNC3CC3c3ccccc3)c2)cc1.O=C(O)C(F)(F)F. The number of nitrogens with zero attached hydrogens (tertiary/aromatic N) is 2. The normalized spacial score (nSPS) is 16.6. The molecule has 2 atom stereocenters. The van der Waals surface area contributed by atoms with Crippen LogP contribution in [0.15, 0.2) is 67.1 Å². The van der Waals surface area contributed by atoms with E-state index < -0.39 is 18.1 Å². The number of nitrogens with one attached hydrogen (secondary N) is 2. The maximum Gasteiger partial charge on any atom is 0.490 e. The first kappa shape index (κ1) is 26.9. The molecule has 11 heteroatoms. The smallest absolute Gasteiger partial charge is 0.475 e. The van der Waals surface area contributed by atoms with Gasteiger partial charge in [0.15, 0.2) is 0 Å². The van der Waals surface area contributed by atoms with Gasteiger partial charge in [-0.2, -0.15) is 13.2 Å². The van der Waals surface area contributed by atoms with E-state index in [9.17, 15) is 18.0 Å². The van der Waals surface area contributed by atoms with Crippen molar-refractivity contribution >= 4 is 11.9 Å². The molecule has 4 rings (SSSR count). The predicted octanol–water partition coefficient (Wildman–Crippen LogP) is 3.91. The minimum atomic E-state index is -5.08. The quantitative estimate of drug-likeness (QED) is 0.259. The van der Waals surface area contributed by atoms with Crippen LogP contribution in [0, 0.1) is 0 Å². The van der Waals surface area contributed by atoms with Crippen molar-refractivity contribution in [3.05, 3.63) is 89.5 Å². The molecule has 192 valence electrons. The first-order valence-electron chi connectivity index (χ1n) is 11.3. The van der Waals surface area contributed by atoms with Crippen molar-refractivity contribution in [2.75, 3.05) is 0 Å². The summed E-state index contributed by atoms with van der Waals surface area (Å²) in [5.41, 5.74) is 5.76. The zero-order valence-electron chi connectivity index (χ0n) is 19.3. The van der Waals surface area contributed by atoms with Crippen molar-refractivity contribution in [1.82, 2.24) is 20.3 Å². The number of hydrogen-bond acceptors (Lipinski definition) is 5. The Bertz CT molecular complexity index is 1130. The first-order chi connectivity index (χ1) is 17.2. The van der Waals surface area contributed by atoms with Gasteiger partial charge >= 0.3 is 12.1 Å². The third-order valence-corrected chi connectivity index (χ3v) is 5.69. The average Bonchev–Trinajstić information content (AvgIpc) is 3.52. The molecule has 1 saturated carbocycles. The summed E-state index contributed by atoms with van der Waals surface area (Å²) in [6, 6.07) is 18.5. The highest BCUT2D eigenvalue weighted by atomic mass is 19.4. The number of halogens is 3. The van der Waals surface area contributed by atoms with Gasteiger partial charge in [-0.25, -0.2) is 15.3 Å². The number of hydroxylamine groups is 1. The molecule has 8 nitrogen and oxygen atoms in total. The topological polar surface area (TPSA) is 116 Å². The van der Waals surface area contributed by atoms with Crippen molar-refractivity contribution < 1.29 is 33.1 Å². The molecule has 2 aromatic carbocycles. The minimum Gasteiger partial charge on any atom is -0.475 e. The summed E-state index contributed by atoms with van der Waals surface area (Å²) in [5, 5.41) is 19.4. The van der Waals surface area contributed by atoms with Crippen molar-refractivity contribution in [3.63, 3.8) is 0 Å². The number of benzene rings is 2. The molecule has 0 saturated heterocycles. The number of aryl methyl sites for hydroxylation is 2. The van der Waals surface area contributed by atoms with Gasteiger partial charge in [-0.05, 0) is 42.5 Å². The standard InChI is InChI=1S/C23H26N4O2.C2HF3O2/c28-23(26-29)19-10-8-17(9-11-19)5-4-12-27-15-20(25-16-27)14-24-22-13-21(22)18-6-2-1-3-7-18;3-2(4,5)1(6)7/h1-3,6-11,15-16,21-22,24,29H,4-5,12-14H2,(H,26,28);(H,6,7). The van der Waals surface area contributed by atoms with Gasteiger partial charge in [0, 0.05) is 36.8 Å². The van der Waals surface area contributed by atoms with E-state index in [4.69, 9.17) is 15.1 Å². The highest BCUT2D eigenvalue weighted by molar-refractivity contribution is 5.93. The molecule has 3 aromatic rings. The number of carbonyl (C=O) groups excluding carboxylic acids is 1. The minimum absolute atomic E-state index is 0.452. The molecule has 1 fully saturated rings. The van der Waals surface area contributed by atoms with Crippen LogP contribution in [0.1, 0.15) is 45.9 Å². The van der Waals surface area contributed by atoms with Crippen LogP contribution >= 0.6 is 0 Å². The molecule has 1 aromatic heterocycles. The zero-order valence-corrected chi connectivity index (χ0v) is 19.3. The van der Waals surface area contributed by atoms with Crippen LogP contribution in [0.25, 0.3) is 0 Å². The van der Waals surface area contributed by atoms with E-state index in [1.807, 2.05) is 18.5 Å². The second kappa shape index (κ2) is 12.3. The fourth-order valence-electron chi connectivity index (χ4n) is 3.70. The van der Waals surface area contributed by atoms with Crippen molar-refractivity contribution in [2.45, 2.75) is 50.5 Å². The summed E-state index contributed by atoms with van der Waals surface area (Å²) in [7, 11) is 0. The Morgan fingerprint density at radius 3 is 2.36 bits per heavy atom. The molecule has 1 aliphatic rings. The Morgan fingerprint density at radius 1 is 1.08 bits per heavy atom. The van der Waals surface area contributed by atoms with Crippen LogP contribution in [0.2, 0.25) is 0 Å². The van der Waals surface area contributed by atoms with E-state index in [0.29, 0.717) is 17.5 Å². The van der Waals surface area contributed by atoms with Crippen LogP contribution in [0.5, 0.6) is 0 Å². The third kappa shape index (κ3) is 8.21. The van der Waals surface area contributed by atoms with E-state index in [1.165, 1.54) is 17.5 Å². The largest absolute Gasteiger partial charge is 0.490 e. The number of alkyl halides is 3. The van der Waals surface area contributed by atoms with Gasteiger partial charge in [0.25, 0.3) is 5.91 Å². The van der Waals surface area contributed by atoms with Crippen LogP contribution < -0.4 is 10.8 Å². The summed E-state index contributed by atoms with van der Waals surface area (Å²) < 4.78 is 33.9. The van der Waals surface area contributed by atoms with Crippen LogP contribution in [-0.4, -0.2) is 44.0 Å². The Hall–Kier alpha value is -3.70. The van der Waals surface area contributed by atoms with Gasteiger partial charge in [0.2, 0.25) is 0 Å². The lowest BCUT2D eigenvalue weighted by Crippen LogP contribution is -2.21. The lowest BCUT2D eigenvalue weighted by atomic mass is 10.1. The Labute approximate surface area is 205 Å².